The van der Waals surface area contributed by atoms with Crippen LogP contribution < -0.4 is 0 Å². The smallest absolute Gasteiger partial charge is 0.0654 e. The summed E-state index contributed by atoms with van der Waals surface area (Å²) in [5.74, 6) is 2.20. The summed E-state index contributed by atoms with van der Waals surface area (Å²) in [5, 5.41) is 0. The summed E-state index contributed by atoms with van der Waals surface area (Å²) in [6.07, 6.45) is 19.9. The molecule has 2 saturated carbocycles. The molecule has 0 nitrogen and oxygen atoms in total. The summed E-state index contributed by atoms with van der Waals surface area (Å²) in [6, 6.07) is 0. The lowest BCUT2D eigenvalue weighted by Crippen LogP contribution is -2.12. The van der Waals surface area contributed by atoms with Crippen molar-refractivity contribution in [2.45, 2.75) is 95.1 Å². The highest BCUT2D eigenvalue weighted by Crippen LogP contribution is 2.34. The zero-order valence-electron chi connectivity index (χ0n) is 11.1. The fourth-order valence-electron chi connectivity index (χ4n) is 3.85. The molecule has 0 amide bonds. The summed E-state index contributed by atoms with van der Waals surface area (Å²) in [6.45, 7) is 0. The van der Waals surface area contributed by atoms with E-state index in [1.54, 1.807) is 33.0 Å². The van der Waals surface area contributed by atoms with Crippen molar-refractivity contribution in [2.24, 2.45) is 0 Å². The van der Waals surface area contributed by atoms with Crippen LogP contribution in [0.2, 0.25) is 11.6 Å². The van der Waals surface area contributed by atoms with Crippen molar-refractivity contribution in [3.63, 3.8) is 0 Å². The maximum atomic E-state index is 1.58. The van der Waals surface area contributed by atoms with Crippen LogP contribution in [0, 0.1) is 0 Å². The van der Waals surface area contributed by atoms with Crippen molar-refractivity contribution in [1.29, 1.82) is 0 Å². The predicted octanol–water partition coefficient (Wildman–Crippen LogP) is 5.10. The molecular weight excluding hydrogens is 191 g/mol. The Labute approximate surface area is 103 Å². The molecule has 0 atom stereocenters. The van der Waals surface area contributed by atoms with Gasteiger partial charge in [-0.25, -0.2) is 0 Å². The lowest BCUT2D eigenvalue weighted by molar-refractivity contribution is 0.496. The van der Waals surface area contributed by atoms with E-state index in [-0.39, 0.29) is 0 Å². The second-order valence-electron chi connectivity index (χ2n) is 6.30. The van der Waals surface area contributed by atoms with Crippen LogP contribution in [0.1, 0.15) is 83.5 Å². The minimum absolute atomic E-state index is 1.10. The van der Waals surface area contributed by atoms with Crippen LogP contribution in [0.4, 0.5) is 0 Å². The van der Waals surface area contributed by atoms with Gasteiger partial charge in [-0.2, -0.15) is 0 Å². The van der Waals surface area contributed by atoms with Gasteiger partial charge in [0.05, 0.1) is 0 Å². The summed E-state index contributed by atoms with van der Waals surface area (Å²) >= 11 is 0. The van der Waals surface area contributed by atoms with Gasteiger partial charge in [-0.1, -0.05) is 95.1 Å². The molecule has 2 rings (SSSR count). The van der Waals surface area contributed by atoms with E-state index < -0.39 is 0 Å². The zero-order chi connectivity index (χ0) is 11.1. The second-order valence-corrected chi connectivity index (χ2v) is 6.30. The highest BCUT2D eigenvalue weighted by molar-refractivity contribution is 6.39. The zero-order valence-corrected chi connectivity index (χ0v) is 11.1. The van der Waals surface area contributed by atoms with Crippen molar-refractivity contribution >= 4 is 7.28 Å². The molecule has 0 spiro atoms. The average Bonchev–Trinajstić information content (AvgIpc) is 2.50. The van der Waals surface area contributed by atoms with Gasteiger partial charge >= 0.3 is 0 Å². The first kappa shape index (κ1) is 12.5. The van der Waals surface area contributed by atoms with Gasteiger partial charge in [-0.05, 0) is 0 Å². The van der Waals surface area contributed by atoms with Crippen molar-refractivity contribution in [3.05, 3.63) is 0 Å². The fourth-order valence-corrected chi connectivity index (χ4v) is 3.85. The highest BCUT2D eigenvalue weighted by Gasteiger charge is 2.20. The van der Waals surface area contributed by atoms with Gasteiger partial charge in [-0.15, -0.1) is 0 Å². The topological polar surface area (TPSA) is 0 Å². The molecular formula is C15H29B. The molecule has 0 aliphatic heterocycles. The van der Waals surface area contributed by atoms with Crippen LogP contribution in [-0.4, -0.2) is 7.28 Å². The van der Waals surface area contributed by atoms with Crippen molar-refractivity contribution in [1.82, 2.24) is 0 Å². The Kier molecular flexibility index (Phi) is 5.79. The molecule has 0 saturated heterocycles. The Hall–Kier alpha value is 0.0649. The lowest BCUT2D eigenvalue weighted by atomic mass is 9.50. The van der Waals surface area contributed by atoms with Crippen LogP contribution in [0.15, 0.2) is 0 Å². The quantitative estimate of drug-likeness (QED) is 0.448. The molecule has 0 heterocycles. The summed E-state index contributed by atoms with van der Waals surface area (Å²) < 4.78 is 0. The third-order valence-electron chi connectivity index (χ3n) is 4.87. The third-order valence-corrected chi connectivity index (χ3v) is 4.87. The Bertz CT molecular complexity index is 162. The minimum atomic E-state index is 1.10. The molecule has 16 heavy (non-hydrogen) atoms. The van der Waals surface area contributed by atoms with Gasteiger partial charge in [0, 0.05) is 0 Å². The monoisotopic (exact) mass is 220 g/mol. The first-order valence-electron chi connectivity index (χ1n) is 7.95. The molecule has 2 fully saturated rings. The number of hydrogen-bond acceptors (Lipinski definition) is 0. The third kappa shape index (κ3) is 4.51. The van der Waals surface area contributed by atoms with E-state index in [9.17, 15) is 0 Å². The molecule has 1 heteroatoms. The van der Waals surface area contributed by atoms with Crippen LogP contribution in [-0.2, 0) is 0 Å². The molecule has 0 unspecified atom stereocenters. The summed E-state index contributed by atoms with van der Waals surface area (Å²) in [5.41, 5.74) is 0. The largest absolute Gasteiger partial charge is 0.127 e. The van der Waals surface area contributed by atoms with E-state index in [0.29, 0.717) is 0 Å². The van der Waals surface area contributed by atoms with Crippen LogP contribution in [0.25, 0.3) is 0 Å². The standard InChI is InChI=1S/C15H29B/c1-2-6-10-14(11-7-3-1)16-15-12-8-4-5-9-13-15/h14-16H,1-13H2. The first-order valence-corrected chi connectivity index (χ1v) is 7.95. The summed E-state index contributed by atoms with van der Waals surface area (Å²) in [4.78, 5) is 0. The number of hydrogen-bond donors (Lipinski definition) is 0. The molecule has 0 aromatic rings. The van der Waals surface area contributed by atoms with Gasteiger partial charge in [0.2, 0.25) is 0 Å². The predicted molar refractivity (Wildman–Crippen MR) is 74.7 cm³/mol. The van der Waals surface area contributed by atoms with Crippen molar-refractivity contribution < 1.29 is 0 Å². The Morgan fingerprint density at radius 3 is 1.12 bits per heavy atom. The summed E-state index contributed by atoms with van der Waals surface area (Å²) in [7, 11) is 1.58. The van der Waals surface area contributed by atoms with E-state index in [0.717, 1.165) is 11.6 Å². The fraction of sp³-hybridized carbons (Fsp3) is 1.00. The minimum Gasteiger partial charge on any atom is -0.0654 e. The molecule has 2 aliphatic rings. The van der Waals surface area contributed by atoms with Gasteiger partial charge in [0.1, 0.15) is 7.28 Å². The van der Waals surface area contributed by atoms with Gasteiger partial charge in [-0.3, -0.25) is 0 Å². The number of rotatable bonds is 2. The maximum Gasteiger partial charge on any atom is 0.127 e. The molecule has 0 bridgehead atoms. The second kappa shape index (κ2) is 7.40. The normalized spacial score (nSPS) is 26.8. The van der Waals surface area contributed by atoms with Gasteiger partial charge < -0.3 is 0 Å². The van der Waals surface area contributed by atoms with Crippen LogP contribution in [0.5, 0.6) is 0 Å². The van der Waals surface area contributed by atoms with Crippen molar-refractivity contribution in [3.8, 4) is 0 Å². The Balaban J connectivity index is 1.72. The van der Waals surface area contributed by atoms with E-state index in [4.69, 9.17) is 0 Å². The average molecular weight is 220 g/mol. The van der Waals surface area contributed by atoms with E-state index in [1.165, 1.54) is 57.8 Å². The van der Waals surface area contributed by atoms with E-state index >= 15 is 0 Å². The Morgan fingerprint density at radius 1 is 0.438 bits per heavy atom. The lowest BCUT2D eigenvalue weighted by Gasteiger charge is -2.23. The molecule has 0 aromatic heterocycles. The van der Waals surface area contributed by atoms with E-state index in [1.807, 2.05) is 0 Å². The molecule has 0 N–H and O–H groups in total. The van der Waals surface area contributed by atoms with Crippen molar-refractivity contribution in [2.75, 3.05) is 0 Å². The van der Waals surface area contributed by atoms with Crippen LogP contribution >= 0.6 is 0 Å². The molecule has 92 valence electrons. The molecule has 2 aliphatic carbocycles. The molecule has 0 aromatic carbocycles. The highest BCUT2D eigenvalue weighted by atomic mass is 14.1. The van der Waals surface area contributed by atoms with Gasteiger partial charge in [0.25, 0.3) is 0 Å². The Morgan fingerprint density at radius 2 is 0.750 bits per heavy atom. The van der Waals surface area contributed by atoms with Crippen LogP contribution in [0.3, 0.4) is 0 Å². The first-order chi connectivity index (χ1) is 7.95. The maximum absolute atomic E-state index is 1.58. The molecule has 0 radical (unpaired) electrons. The van der Waals surface area contributed by atoms with E-state index in [2.05, 4.69) is 0 Å². The SMILES string of the molecule is B(C1CCCCCCC1)C1CCCCCC1. The van der Waals surface area contributed by atoms with Gasteiger partial charge in [0.15, 0.2) is 0 Å².